The van der Waals surface area contributed by atoms with Crippen LogP contribution in [0.2, 0.25) is 0 Å². The van der Waals surface area contributed by atoms with E-state index >= 15 is 0 Å². The topological polar surface area (TPSA) is 99.1 Å². The first-order valence-corrected chi connectivity index (χ1v) is 15.3. The number of nitrogens with one attached hydrogen (secondary N) is 1. The second-order valence-corrected chi connectivity index (χ2v) is 10.9. The molecule has 0 unspecified atom stereocenters. The lowest BCUT2D eigenvalue weighted by atomic mass is 10.1. The zero-order chi connectivity index (χ0) is 31.0. The van der Waals surface area contributed by atoms with E-state index in [1.807, 2.05) is 60.7 Å². The van der Waals surface area contributed by atoms with Crippen molar-refractivity contribution in [1.82, 2.24) is 4.90 Å². The molecule has 0 aliphatic rings. The van der Waals surface area contributed by atoms with Gasteiger partial charge < -0.3 is 20.3 Å². The van der Waals surface area contributed by atoms with Gasteiger partial charge in [0.2, 0.25) is 0 Å². The van der Waals surface area contributed by atoms with Crippen LogP contribution in [0.3, 0.4) is 0 Å². The molecule has 0 aliphatic heterocycles. The standard InChI is InChI=1S/C37H42N2O5/c40-28-33-25-32(17-20-35(33)41)36(42)27-39(26-30-11-5-3-6-12-30)22-9-1-2-10-23-44-24-21-29-15-18-34(19-16-29)38-37(43)31-13-7-4-8-14-31/h3-8,11-20,25,40-41H,1-2,9-10,21-24,26-28H2,(H,38,43). The van der Waals surface area contributed by atoms with Gasteiger partial charge >= 0.3 is 0 Å². The van der Waals surface area contributed by atoms with Gasteiger partial charge in [-0.15, -0.1) is 0 Å². The summed E-state index contributed by atoms with van der Waals surface area (Å²) in [7, 11) is 0. The van der Waals surface area contributed by atoms with Crippen LogP contribution in [0.5, 0.6) is 5.75 Å². The van der Waals surface area contributed by atoms with E-state index in [1.54, 1.807) is 24.3 Å². The smallest absolute Gasteiger partial charge is 0.255 e. The van der Waals surface area contributed by atoms with Crippen molar-refractivity contribution in [1.29, 1.82) is 0 Å². The van der Waals surface area contributed by atoms with E-state index in [9.17, 15) is 19.8 Å². The van der Waals surface area contributed by atoms with Crippen molar-refractivity contribution in [3.05, 3.63) is 131 Å². The number of aliphatic hydroxyl groups excluding tert-OH is 1. The van der Waals surface area contributed by atoms with Gasteiger partial charge in [-0.2, -0.15) is 0 Å². The summed E-state index contributed by atoms with van der Waals surface area (Å²) in [4.78, 5) is 27.5. The van der Waals surface area contributed by atoms with Gasteiger partial charge in [0.1, 0.15) is 5.75 Å². The summed E-state index contributed by atoms with van der Waals surface area (Å²) in [6, 6.07) is 31.8. The van der Waals surface area contributed by atoms with Gasteiger partial charge in [0, 0.05) is 35.5 Å². The molecule has 0 atom stereocenters. The van der Waals surface area contributed by atoms with Gasteiger partial charge in [-0.3, -0.25) is 14.5 Å². The number of unbranched alkanes of at least 4 members (excludes halogenated alkanes) is 3. The van der Waals surface area contributed by atoms with E-state index in [1.165, 1.54) is 6.07 Å². The maximum absolute atomic E-state index is 13.0. The van der Waals surface area contributed by atoms with E-state index in [0.29, 0.717) is 36.4 Å². The van der Waals surface area contributed by atoms with Gasteiger partial charge in [-0.05, 0) is 79.4 Å². The Kier molecular flexibility index (Phi) is 13.1. The Hall–Kier alpha value is -4.30. The average molecular weight is 595 g/mol. The number of phenols is 1. The summed E-state index contributed by atoms with van der Waals surface area (Å²) >= 11 is 0. The highest BCUT2D eigenvalue weighted by Gasteiger charge is 2.15. The number of hydrogen-bond donors (Lipinski definition) is 3. The summed E-state index contributed by atoms with van der Waals surface area (Å²) in [6.07, 6.45) is 4.88. The molecular weight excluding hydrogens is 552 g/mol. The molecule has 0 heterocycles. The summed E-state index contributed by atoms with van der Waals surface area (Å²) < 4.78 is 5.87. The molecule has 7 heteroatoms. The highest BCUT2D eigenvalue weighted by Crippen LogP contribution is 2.19. The van der Waals surface area contributed by atoms with Gasteiger partial charge in [0.15, 0.2) is 5.78 Å². The van der Waals surface area contributed by atoms with Crippen molar-refractivity contribution in [2.45, 2.75) is 45.3 Å². The van der Waals surface area contributed by atoms with Crippen LogP contribution in [0, 0.1) is 0 Å². The number of hydrogen-bond acceptors (Lipinski definition) is 6. The molecule has 0 saturated carbocycles. The highest BCUT2D eigenvalue weighted by molar-refractivity contribution is 6.04. The predicted octanol–water partition coefficient (Wildman–Crippen LogP) is 6.64. The molecule has 4 aromatic carbocycles. The number of aromatic hydroxyl groups is 1. The van der Waals surface area contributed by atoms with E-state index in [0.717, 1.165) is 55.5 Å². The normalized spacial score (nSPS) is 11.0. The van der Waals surface area contributed by atoms with E-state index in [-0.39, 0.29) is 30.6 Å². The van der Waals surface area contributed by atoms with Gasteiger partial charge in [0.05, 0.1) is 19.8 Å². The zero-order valence-electron chi connectivity index (χ0n) is 25.2. The fourth-order valence-electron chi connectivity index (χ4n) is 4.97. The number of benzene rings is 4. The third-order valence-electron chi connectivity index (χ3n) is 7.48. The van der Waals surface area contributed by atoms with Crippen LogP contribution in [0.4, 0.5) is 5.69 Å². The maximum atomic E-state index is 13.0. The second-order valence-electron chi connectivity index (χ2n) is 10.9. The Morgan fingerprint density at radius 2 is 1.43 bits per heavy atom. The van der Waals surface area contributed by atoms with Crippen LogP contribution in [0.1, 0.15) is 63.1 Å². The van der Waals surface area contributed by atoms with Crippen LogP contribution in [-0.2, 0) is 24.3 Å². The van der Waals surface area contributed by atoms with Gasteiger partial charge in [0.25, 0.3) is 5.91 Å². The molecule has 7 nitrogen and oxygen atoms in total. The minimum absolute atomic E-state index is 0.00530. The summed E-state index contributed by atoms with van der Waals surface area (Å²) in [5.41, 5.74) is 4.57. The number of ether oxygens (including phenoxy) is 1. The zero-order valence-corrected chi connectivity index (χ0v) is 25.2. The first-order chi connectivity index (χ1) is 21.5. The number of Topliss-reactive ketones (excluding diaryl/α,β-unsaturated/α-hetero) is 1. The molecule has 4 rings (SSSR count). The van der Waals surface area contributed by atoms with Crippen molar-refractivity contribution in [2.75, 3.05) is 31.6 Å². The summed E-state index contributed by atoms with van der Waals surface area (Å²) in [5.74, 6) is -0.157. The monoisotopic (exact) mass is 594 g/mol. The minimum atomic E-state index is -0.312. The van der Waals surface area contributed by atoms with Crippen LogP contribution >= 0.6 is 0 Å². The fraction of sp³-hybridized carbons (Fsp3) is 0.297. The van der Waals surface area contributed by atoms with Crippen molar-refractivity contribution >= 4 is 17.4 Å². The molecule has 0 aromatic heterocycles. The number of amides is 1. The molecule has 0 aliphatic carbocycles. The average Bonchev–Trinajstić information content (AvgIpc) is 3.05. The third-order valence-corrected chi connectivity index (χ3v) is 7.48. The molecule has 3 N–H and O–H groups in total. The third kappa shape index (κ3) is 10.8. The fourth-order valence-corrected chi connectivity index (χ4v) is 4.97. The number of rotatable bonds is 18. The van der Waals surface area contributed by atoms with Crippen molar-refractivity contribution in [3.63, 3.8) is 0 Å². The lowest BCUT2D eigenvalue weighted by Gasteiger charge is -2.22. The SMILES string of the molecule is O=C(CN(CCCCCCOCCc1ccc(NC(=O)c2ccccc2)cc1)Cc1ccccc1)c1ccc(O)c(CO)c1. The lowest BCUT2D eigenvalue weighted by Crippen LogP contribution is -2.30. The Bertz CT molecular complexity index is 1440. The summed E-state index contributed by atoms with van der Waals surface area (Å²) in [6.45, 7) is 2.81. The predicted molar refractivity (Wildman–Crippen MR) is 174 cm³/mol. The maximum Gasteiger partial charge on any atom is 0.255 e. The minimum Gasteiger partial charge on any atom is -0.508 e. The molecule has 4 aromatic rings. The first-order valence-electron chi connectivity index (χ1n) is 15.3. The molecular formula is C37H42N2O5. The van der Waals surface area contributed by atoms with E-state index < -0.39 is 0 Å². The number of aliphatic hydroxyl groups is 1. The van der Waals surface area contributed by atoms with Crippen molar-refractivity contribution in [3.8, 4) is 5.75 Å². The first kappa shape index (κ1) is 32.6. The molecule has 0 fully saturated rings. The number of carbonyl (C=O) groups is 2. The van der Waals surface area contributed by atoms with Crippen LogP contribution in [0.15, 0.2) is 103 Å². The molecule has 0 radical (unpaired) electrons. The van der Waals surface area contributed by atoms with E-state index in [4.69, 9.17) is 4.74 Å². The lowest BCUT2D eigenvalue weighted by molar-refractivity contribution is 0.0922. The van der Waals surface area contributed by atoms with Crippen LogP contribution < -0.4 is 5.32 Å². The number of nitrogens with zero attached hydrogens (tertiary/aromatic N) is 1. The molecule has 0 bridgehead atoms. The number of anilines is 1. The number of ketones is 1. The van der Waals surface area contributed by atoms with Crippen molar-refractivity contribution < 1.29 is 24.5 Å². The Balaban J connectivity index is 1.12. The number of carbonyl (C=O) groups excluding carboxylic acids is 2. The second kappa shape index (κ2) is 17.7. The van der Waals surface area contributed by atoms with Crippen LogP contribution in [-0.4, -0.2) is 53.1 Å². The molecule has 0 saturated heterocycles. The molecule has 230 valence electrons. The quantitative estimate of drug-likeness (QED) is 0.0882. The van der Waals surface area contributed by atoms with Crippen molar-refractivity contribution in [2.24, 2.45) is 0 Å². The summed E-state index contributed by atoms with van der Waals surface area (Å²) in [5, 5.41) is 22.2. The van der Waals surface area contributed by atoms with Gasteiger partial charge in [-0.25, -0.2) is 0 Å². The molecule has 44 heavy (non-hydrogen) atoms. The highest BCUT2D eigenvalue weighted by atomic mass is 16.5. The largest absolute Gasteiger partial charge is 0.508 e. The molecule has 0 spiro atoms. The Morgan fingerprint density at radius 1 is 0.727 bits per heavy atom. The Labute approximate surface area is 260 Å². The van der Waals surface area contributed by atoms with Gasteiger partial charge in [-0.1, -0.05) is 73.5 Å². The van der Waals surface area contributed by atoms with Crippen LogP contribution in [0.25, 0.3) is 0 Å². The van der Waals surface area contributed by atoms with E-state index in [2.05, 4.69) is 22.3 Å². The Morgan fingerprint density at radius 3 is 2.16 bits per heavy atom. The molecule has 1 amide bonds.